The fourth-order valence-corrected chi connectivity index (χ4v) is 2.53. The number of rotatable bonds is 4. The van der Waals surface area contributed by atoms with E-state index < -0.39 is 0 Å². The van der Waals surface area contributed by atoms with Gasteiger partial charge in [-0.15, -0.1) is 11.3 Å². The van der Waals surface area contributed by atoms with Gasteiger partial charge in [-0.3, -0.25) is 4.79 Å². The highest BCUT2D eigenvalue weighted by Gasteiger charge is 2.14. The van der Waals surface area contributed by atoms with Gasteiger partial charge in [0.2, 0.25) is 12.3 Å². The Bertz CT molecular complexity index is 548. The van der Waals surface area contributed by atoms with Gasteiger partial charge in [0.1, 0.15) is 0 Å². The summed E-state index contributed by atoms with van der Waals surface area (Å²) < 4.78 is 2.51. The number of hydrogen-bond donors (Lipinski definition) is 0. The van der Waals surface area contributed by atoms with Crippen molar-refractivity contribution in [1.82, 2.24) is 0 Å². The number of ketones is 1. The number of Topliss-reactive ketones (excluding diaryl/α,β-unsaturated/α-hetero) is 1. The number of anilines is 1. The molecule has 2 rings (SSSR count). The third-order valence-electron chi connectivity index (χ3n) is 2.56. The van der Waals surface area contributed by atoms with E-state index in [2.05, 4.69) is 0 Å². The molecule has 0 amide bonds. The van der Waals surface area contributed by atoms with Gasteiger partial charge < -0.3 is 4.90 Å². The highest BCUT2D eigenvalue weighted by molar-refractivity contribution is 7.18. The SMILES string of the molecule is CN(C)c1cc[n+](CC(=O)c2ccc(Cl)s2)cc1. The lowest BCUT2D eigenvalue weighted by atomic mass is 10.3. The van der Waals surface area contributed by atoms with Crippen LogP contribution in [0.15, 0.2) is 36.7 Å². The molecule has 2 aromatic heterocycles. The largest absolute Gasteiger partial charge is 0.377 e. The van der Waals surface area contributed by atoms with E-state index in [4.69, 9.17) is 11.6 Å². The number of carbonyl (C=O) groups excluding carboxylic acids is 1. The van der Waals surface area contributed by atoms with Crippen LogP contribution in [0, 0.1) is 0 Å². The van der Waals surface area contributed by atoms with E-state index in [1.54, 1.807) is 12.1 Å². The van der Waals surface area contributed by atoms with Crippen LogP contribution in [0.1, 0.15) is 9.67 Å². The molecule has 2 heterocycles. The minimum Gasteiger partial charge on any atom is -0.377 e. The third kappa shape index (κ3) is 3.09. The van der Waals surface area contributed by atoms with Crippen molar-refractivity contribution < 1.29 is 9.36 Å². The third-order valence-corrected chi connectivity index (χ3v) is 3.84. The van der Waals surface area contributed by atoms with Crippen molar-refractivity contribution in [2.45, 2.75) is 6.54 Å². The van der Waals surface area contributed by atoms with Crippen LogP contribution in [-0.4, -0.2) is 19.9 Å². The summed E-state index contributed by atoms with van der Waals surface area (Å²) in [5.41, 5.74) is 1.11. The lowest BCUT2D eigenvalue weighted by Gasteiger charge is -2.10. The molecule has 0 aliphatic heterocycles. The Morgan fingerprint density at radius 1 is 1.28 bits per heavy atom. The average Bonchev–Trinajstić information content (AvgIpc) is 2.76. The normalized spacial score (nSPS) is 10.4. The van der Waals surface area contributed by atoms with Crippen molar-refractivity contribution in [3.8, 4) is 0 Å². The topological polar surface area (TPSA) is 24.2 Å². The summed E-state index contributed by atoms with van der Waals surface area (Å²) >= 11 is 7.13. The van der Waals surface area contributed by atoms with Crippen LogP contribution >= 0.6 is 22.9 Å². The number of thiophene rings is 1. The summed E-state index contributed by atoms with van der Waals surface area (Å²) in [4.78, 5) is 14.7. The molecule has 0 atom stereocenters. The summed E-state index contributed by atoms with van der Waals surface area (Å²) in [5, 5.41) is 0. The summed E-state index contributed by atoms with van der Waals surface area (Å²) in [5.74, 6) is 0.0782. The fourth-order valence-electron chi connectivity index (χ4n) is 1.56. The van der Waals surface area contributed by atoms with Crippen LogP contribution in [0.4, 0.5) is 5.69 Å². The summed E-state index contributed by atoms with van der Waals surface area (Å²) in [6.07, 6.45) is 3.81. The minimum atomic E-state index is 0.0782. The second kappa shape index (κ2) is 5.50. The lowest BCUT2D eigenvalue weighted by Crippen LogP contribution is -2.37. The van der Waals surface area contributed by atoms with Crippen molar-refractivity contribution in [2.75, 3.05) is 19.0 Å². The maximum Gasteiger partial charge on any atom is 0.237 e. The highest BCUT2D eigenvalue weighted by atomic mass is 35.5. The number of pyridine rings is 1. The number of halogens is 1. The van der Waals surface area contributed by atoms with E-state index >= 15 is 0 Å². The number of hydrogen-bond acceptors (Lipinski definition) is 3. The van der Waals surface area contributed by atoms with E-state index in [9.17, 15) is 4.79 Å². The first-order valence-corrected chi connectivity index (χ1v) is 6.70. The first-order valence-electron chi connectivity index (χ1n) is 5.51. The van der Waals surface area contributed by atoms with Crippen LogP contribution < -0.4 is 9.47 Å². The van der Waals surface area contributed by atoms with Crippen molar-refractivity contribution in [1.29, 1.82) is 0 Å². The summed E-state index contributed by atoms with van der Waals surface area (Å²) in [7, 11) is 3.97. The first-order chi connectivity index (χ1) is 8.56. The van der Waals surface area contributed by atoms with Crippen LogP contribution in [0.25, 0.3) is 0 Å². The second-order valence-electron chi connectivity index (χ2n) is 4.15. The molecular weight excluding hydrogens is 268 g/mol. The van der Waals surface area contributed by atoms with Gasteiger partial charge in [0.25, 0.3) is 0 Å². The molecule has 0 spiro atoms. The van der Waals surface area contributed by atoms with Gasteiger partial charge in [-0.05, 0) is 12.1 Å². The molecule has 0 N–H and O–H groups in total. The molecule has 0 aromatic carbocycles. The van der Waals surface area contributed by atoms with E-state index in [0.717, 1.165) is 5.69 Å². The molecule has 0 saturated carbocycles. The molecule has 0 aliphatic carbocycles. The predicted molar refractivity (Wildman–Crippen MR) is 74.6 cm³/mol. The second-order valence-corrected chi connectivity index (χ2v) is 5.87. The highest BCUT2D eigenvalue weighted by Crippen LogP contribution is 2.21. The average molecular weight is 282 g/mol. The Morgan fingerprint density at radius 3 is 2.44 bits per heavy atom. The zero-order valence-corrected chi connectivity index (χ0v) is 11.8. The van der Waals surface area contributed by atoms with Gasteiger partial charge in [-0.1, -0.05) is 11.6 Å². The lowest BCUT2D eigenvalue weighted by molar-refractivity contribution is -0.683. The smallest absolute Gasteiger partial charge is 0.237 e. The maximum atomic E-state index is 12.0. The van der Waals surface area contributed by atoms with Crippen molar-refractivity contribution >= 4 is 34.4 Å². The van der Waals surface area contributed by atoms with Crippen LogP contribution in [-0.2, 0) is 6.54 Å². The van der Waals surface area contributed by atoms with Gasteiger partial charge in [0.15, 0.2) is 12.4 Å². The Balaban J connectivity index is 2.07. The molecule has 0 aliphatic rings. The van der Waals surface area contributed by atoms with Crippen LogP contribution in [0.5, 0.6) is 0 Å². The molecule has 2 aromatic rings. The Morgan fingerprint density at radius 2 is 1.94 bits per heavy atom. The Labute approximate surface area is 115 Å². The monoisotopic (exact) mass is 281 g/mol. The zero-order valence-electron chi connectivity index (χ0n) is 10.3. The molecular formula is C13H14ClN2OS+. The molecule has 94 valence electrons. The molecule has 0 saturated heterocycles. The maximum absolute atomic E-state index is 12.0. The first kappa shape index (κ1) is 13.1. The molecule has 18 heavy (non-hydrogen) atoms. The van der Waals surface area contributed by atoms with Crippen molar-refractivity contribution in [2.24, 2.45) is 0 Å². The number of nitrogens with zero attached hydrogens (tertiary/aromatic N) is 2. The number of aromatic nitrogens is 1. The van der Waals surface area contributed by atoms with Gasteiger partial charge in [-0.25, -0.2) is 0 Å². The van der Waals surface area contributed by atoms with E-state index in [-0.39, 0.29) is 5.78 Å². The van der Waals surface area contributed by atoms with Crippen LogP contribution in [0.3, 0.4) is 0 Å². The minimum absolute atomic E-state index is 0.0782. The summed E-state index contributed by atoms with van der Waals surface area (Å²) in [6.45, 7) is 0.338. The molecule has 0 unspecified atom stereocenters. The molecule has 0 radical (unpaired) electrons. The standard InChI is InChI=1S/C13H14ClN2OS/c1-15(2)10-5-7-16(8-6-10)9-11(17)12-3-4-13(14)18-12/h3-8H,9H2,1-2H3/q+1. The van der Waals surface area contributed by atoms with Crippen LogP contribution in [0.2, 0.25) is 4.34 Å². The van der Waals surface area contributed by atoms with Gasteiger partial charge in [0.05, 0.1) is 9.21 Å². The zero-order chi connectivity index (χ0) is 13.1. The number of carbonyl (C=O) groups is 1. The quantitative estimate of drug-likeness (QED) is 0.636. The van der Waals surface area contributed by atoms with Crippen molar-refractivity contribution in [3.63, 3.8) is 0 Å². The summed E-state index contributed by atoms with van der Waals surface area (Å²) in [6, 6.07) is 7.48. The van der Waals surface area contributed by atoms with E-state index in [0.29, 0.717) is 15.8 Å². The van der Waals surface area contributed by atoms with E-state index in [1.807, 2.05) is 48.1 Å². The molecule has 0 fully saturated rings. The van der Waals surface area contributed by atoms with Gasteiger partial charge in [0, 0.05) is 31.9 Å². The molecule has 0 bridgehead atoms. The Kier molecular flexibility index (Phi) is 3.99. The Hall–Kier alpha value is -1.39. The van der Waals surface area contributed by atoms with Gasteiger partial charge >= 0.3 is 0 Å². The predicted octanol–water partition coefficient (Wildman–Crippen LogP) is 2.64. The fraction of sp³-hybridized carbons (Fsp3) is 0.231. The van der Waals surface area contributed by atoms with Crippen molar-refractivity contribution in [3.05, 3.63) is 45.9 Å². The van der Waals surface area contributed by atoms with E-state index in [1.165, 1.54) is 11.3 Å². The molecule has 3 nitrogen and oxygen atoms in total. The molecule has 5 heteroatoms. The van der Waals surface area contributed by atoms with Gasteiger partial charge in [-0.2, -0.15) is 4.57 Å².